The zero-order valence-electron chi connectivity index (χ0n) is 17.2. The van der Waals surface area contributed by atoms with Crippen molar-refractivity contribution in [3.8, 4) is 11.5 Å². The monoisotopic (exact) mass is 457 g/mol. The van der Waals surface area contributed by atoms with Crippen LogP contribution in [0.5, 0.6) is 11.5 Å². The highest BCUT2D eigenvalue weighted by Gasteiger charge is 2.28. The smallest absolute Gasteiger partial charge is 0.313 e. The van der Waals surface area contributed by atoms with Crippen LogP contribution in [0.25, 0.3) is 0 Å². The van der Waals surface area contributed by atoms with E-state index in [2.05, 4.69) is 15.5 Å². The summed E-state index contributed by atoms with van der Waals surface area (Å²) in [6.07, 6.45) is 0.358. The first kappa shape index (κ1) is 21.6. The van der Waals surface area contributed by atoms with Crippen LogP contribution < -0.4 is 14.8 Å². The second-order valence-electron chi connectivity index (χ2n) is 7.10. The molecule has 2 heterocycles. The molecule has 1 N–H and O–H groups in total. The van der Waals surface area contributed by atoms with E-state index in [0.717, 1.165) is 5.56 Å². The maximum Gasteiger partial charge on any atom is 0.313 e. The van der Waals surface area contributed by atoms with Gasteiger partial charge in [-0.1, -0.05) is 28.9 Å². The van der Waals surface area contributed by atoms with E-state index in [4.69, 9.17) is 30.3 Å². The van der Waals surface area contributed by atoms with E-state index in [1.165, 1.54) is 7.11 Å². The molecule has 0 fully saturated rings. The summed E-state index contributed by atoms with van der Waals surface area (Å²) < 4.78 is 21.2. The highest BCUT2D eigenvalue weighted by molar-refractivity contribution is 6.30. The van der Waals surface area contributed by atoms with Gasteiger partial charge >= 0.3 is 5.97 Å². The van der Waals surface area contributed by atoms with Crippen LogP contribution in [-0.4, -0.2) is 35.7 Å². The fourth-order valence-electron chi connectivity index (χ4n) is 3.27. The standard InChI is InChI=1S/C22H20ClN3O6/c1-29-18-5-3-2-4-16(18)24-20(27)10-19-25-21(32-26-19)12-31-22(28)14-8-13-9-15(23)6-7-17(13)30-11-14/h2-7,9,14H,8,10-12H2,1H3,(H,24,27). The summed E-state index contributed by atoms with van der Waals surface area (Å²) in [6.45, 7) is 0.0184. The molecule has 9 nitrogen and oxygen atoms in total. The molecule has 0 bridgehead atoms. The minimum absolute atomic E-state index is 0.0959. The van der Waals surface area contributed by atoms with Crippen LogP contribution in [-0.2, 0) is 33.8 Å². The quantitative estimate of drug-likeness (QED) is 0.538. The molecule has 0 radical (unpaired) electrons. The van der Waals surface area contributed by atoms with Crippen molar-refractivity contribution in [1.82, 2.24) is 10.1 Å². The first-order valence-corrected chi connectivity index (χ1v) is 10.2. The predicted octanol–water partition coefficient (Wildman–Crippen LogP) is 3.21. The van der Waals surface area contributed by atoms with Crippen molar-refractivity contribution in [2.45, 2.75) is 19.4 Å². The zero-order chi connectivity index (χ0) is 22.5. The molecule has 166 valence electrons. The van der Waals surface area contributed by atoms with Crippen LogP contribution in [0.3, 0.4) is 0 Å². The Labute approximate surface area is 188 Å². The summed E-state index contributed by atoms with van der Waals surface area (Å²) in [7, 11) is 1.52. The summed E-state index contributed by atoms with van der Waals surface area (Å²) >= 11 is 6.01. The molecule has 1 unspecified atom stereocenters. The molecule has 2 aromatic carbocycles. The van der Waals surface area contributed by atoms with Crippen LogP contribution >= 0.6 is 11.6 Å². The number of aromatic nitrogens is 2. The number of para-hydroxylation sites is 2. The van der Waals surface area contributed by atoms with Gasteiger partial charge in [-0.15, -0.1) is 0 Å². The SMILES string of the molecule is COc1ccccc1NC(=O)Cc1noc(COC(=O)C2COc3ccc(Cl)cc3C2)n1. The summed E-state index contributed by atoms with van der Waals surface area (Å²) in [5.74, 6) is 0.283. The Morgan fingerprint density at radius 2 is 2.09 bits per heavy atom. The van der Waals surface area contributed by atoms with Crippen LogP contribution in [0.2, 0.25) is 5.02 Å². The van der Waals surface area contributed by atoms with E-state index in [9.17, 15) is 9.59 Å². The summed E-state index contributed by atoms with van der Waals surface area (Å²) in [5, 5.41) is 7.07. The molecule has 1 aliphatic rings. The average Bonchev–Trinajstić information content (AvgIpc) is 3.24. The molecule has 1 amide bonds. The lowest BCUT2D eigenvalue weighted by atomic mass is 9.97. The number of ether oxygens (including phenoxy) is 3. The second-order valence-corrected chi connectivity index (χ2v) is 7.54. The third-order valence-electron chi connectivity index (χ3n) is 4.81. The maximum atomic E-state index is 12.4. The molecule has 32 heavy (non-hydrogen) atoms. The third-order valence-corrected chi connectivity index (χ3v) is 5.05. The van der Waals surface area contributed by atoms with E-state index >= 15 is 0 Å². The highest BCUT2D eigenvalue weighted by atomic mass is 35.5. The van der Waals surface area contributed by atoms with Crippen molar-refractivity contribution in [3.63, 3.8) is 0 Å². The fraction of sp³-hybridized carbons (Fsp3) is 0.273. The van der Waals surface area contributed by atoms with Gasteiger partial charge in [-0.05, 0) is 42.3 Å². The number of esters is 1. The predicted molar refractivity (Wildman–Crippen MR) is 114 cm³/mol. The average molecular weight is 458 g/mol. The Hall–Kier alpha value is -3.59. The number of carbonyl (C=O) groups is 2. The molecule has 10 heteroatoms. The number of nitrogens with one attached hydrogen (secondary N) is 1. The lowest BCUT2D eigenvalue weighted by molar-refractivity contribution is -0.152. The van der Waals surface area contributed by atoms with Crippen molar-refractivity contribution in [2.75, 3.05) is 19.0 Å². The van der Waals surface area contributed by atoms with E-state index in [1.54, 1.807) is 42.5 Å². The Balaban J connectivity index is 1.28. The molecule has 1 atom stereocenters. The molecule has 1 aromatic heterocycles. The van der Waals surface area contributed by atoms with Gasteiger partial charge in [-0.3, -0.25) is 9.59 Å². The summed E-state index contributed by atoms with van der Waals surface area (Å²) in [5.41, 5.74) is 1.39. The van der Waals surface area contributed by atoms with E-state index in [1.807, 2.05) is 0 Å². The van der Waals surface area contributed by atoms with Gasteiger partial charge in [0.05, 0.1) is 25.1 Å². The zero-order valence-corrected chi connectivity index (χ0v) is 17.9. The Morgan fingerprint density at radius 3 is 2.94 bits per heavy atom. The molecule has 0 saturated heterocycles. The normalized spacial score (nSPS) is 14.8. The van der Waals surface area contributed by atoms with Gasteiger partial charge in [-0.2, -0.15) is 4.98 Å². The first-order chi connectivity index (χ1) is 15.5. The first-order valence-electron chi connectivity index (χ1n) is 9.84. The molecule has 3 aromatic rings. The number of anilines is 1. The number of amides is 1. The highest BCUT2D eigenvalue weighted by Crippen LogP contribution is 2.30. The molecule has 4 rings (SSSR count). The van der Waals surface area contributed by atoms with Gasteiger partial charge in [0, 0.05) is 5.02 Å². The van der Waals surface area contributed by atoms with Gasteiger partial charge in [-0.25, -0.2) is 0 Å². The molecule has 0 spiro atoms. The van der Waals surface area contributed by atoms with Crippen molar-refractivity contribution >= 4 is 29.2 Å². The summed E-state index contributed by atoms with van der Waals surface area (Å²) in [6, 6.07) is 12.3. The van der Waals surface area contributed by atoms with E-state index < -0.39 is 11.9 Å². The Kier molecular flexibility index (Phi) is 6.55. The van der Waals surface area contributed by atoms with Crippen molar-refractivity contribution < 1.29 is 28.3 Å². The van der Waals surface area contributed by atoms with Crippen LogP contribution in [0, 0.1) is 5.92 Å². The molecular formula is C22H20ClN3O6. The van der Waals surface area contributed by atoms with Crippen LogP contribution in [0.1, 0.15) is 17.3 Å². The third kappa shape index (κ3) is 5.17. The van der Waals surface area contributed by atoms with E-state index in [0.29, 0.717) is 28.6 Å². The topological polar surface area (TPSA) is 113 Å². The van der Waals surface area contributed by atoms with Gasteiger partial charge in [0.1, 0.15) is 18.1 Å². The van der Waals surface area contributed by atoms with Crippen LogP contribution in [0.15, 0.2) is 47.0 Å². The van der Waals surface area contributed by atoms with Crippen molar-refractivity contribution in [2.24, 2.45) is 5.92 Å². The Bertz CT molecular complexity index is 1130. The number of nitrogens with zero attached hydrogens (tertiary/aromatic N) is 2. The van der Waals surface area contributed by atoms with Gasteiger partial charge in [0.25, 0.3) is 5.89 Å². The van der Waals surface area contributed by atoms with Gasteiger partial charge in [0.15, 0.2) is 12.4 Å². The van der Waals surface area contributed by atoms with Crippen LogP contribution in [0.4, 0.5) is 5.69 Å². The molecule has 0 saturated carbocycles. The van der Waals surface area contributed by atoms with Gasteiger partial charge < -0.3 is 24.1 Å². The number of rotatable bonds is 7. The fourth-order valence-corrected chi connectivity index (χ4v) is 3.47. The lowest BCUT2D eigenvalue weighted by Crippen LogP contribution is -2.29. The molecule has 0 aliphatic carbocycles. The minimum atomic E-state index is -0.463. The minimum Gasteiger partial charge on any atom is -0.495 e. The lowest BCUT2D eigenvalue weighted by Gasteiger charge is -2.23. The van der Waals surface area contributed by atoms with Crippen molar-refractivity contribution in [3.05, 3.63) is 64.8 Å². The Morgan fingerprint density at radius 1 is 1.25 bits per heavy atom. The number of hydrogen-bond acceptors (Lipinski definition) is 8. The second kappa shape index (κ2) is 9.69. The number of benzene rings is 2. The van der Waals surface area contributed by atoms with E-state index in [-0.39, 0.29) is 37.3 Å². The van der Waals surface area contributed by atoms with Gasteiger partial charge in [0.2, 0.25) is 5.91 Å². The number of halogens is 1. The molecular weight excluding hydrogens is 438 g/mol. The number of fused-ring (bicyclic) bond motifs is 1. The van der Waals surface area contributed by atoms with Crippen molar-refractivity contribution in [1.29, 1.82) is 0 Å². The molecule has 1 aliphatic heterocycles. The largest absolute Gasteiger partial charge is 0.495 e. The number of carbonyl (C=O) groups excluding carboxylic acids is 2. The maximum absolute atomic E-state index is 12.4. The number of hydrogen-bond donors (Lipinski definition) is 1. The number of methoxy groups -OCH3 is 1. The summed E-state index contributed by atoms with van der Waals surface area (Å²) in [4.78, 5) is 28.8.